The van der Waals surface area contributed by atoms with Gasteiger partial charge in [-0.25, -0.2) is 4.39 Å². The quantitative estimate of drug-likeness (QED) is 0.642. The van der Waals surface area contributed by atoms with Crippen LogP contribution in [0.5, 0.6) is 0 Å². The van der Waals surface area contributed by atoms with Crippen LogP contribution in [-0.4, -0.2) is 4.98 Å². The van der Waals surface area contributed by atoms with Gasteiger partial charge in [0.1, 0.15) is 11.6 Å². The molecule has 0 atom stereocenters. The van der Waals surface area contributed by atoms with Crippen LogP contribution in [0.1, 0.15) is 5.56 Å². The molecule has 0 aromatic carbocycles. The van der Waals surface area contributed by atoms with Crippen LogP contribution in [0, 0.1) is 17.1 Å². The summed E-state index contributed by atoms with van der Waals surface area (Å²) in [5, 5.41) is 8.35. The first-order chi connectivity index (χ1) is 4.75. The Bertz CT molecular complexity index is 272. The van der Waals surface area contributed by atoms with Crippen molar-refractivity contribution in [3.63, 3.8) is 0 Å². The number of halogens is 2. The molecule has 1 heterocycles. The summed E-state index contributed by atoms with van der Waals surface area (Å²) in [4.78, 5) is 3.52. The fourth-order valence-corrected chi connectivity index (χ4v) is 0.914. The van der Waals surface area contributed by atoms with Gasteiger partial charge in [0.2, 0.25) is 0 Å². The van der Waals surface area contributed by atoms with Gasteiger partial charge >= 0.3 is 0 Å². The van der Waals surface area contributed by atoms with Gasteiger partial charge in [0.05, 0.1) is 10.7 Å². The maximum absolute atomic E-state index is 12.5. The van der Waals surface area contributed by atoms with Crippen molar-refractivity contribution in [1.29, 1.82) is 5.26 Å². The van der Waals surface area contributed by atoms with Gasteiger partial charge in [-0.3, -0.25) is 4.98 Å². The summed E-state index contributed by atoms with van der Waals surface area (Å²) in [7, 11) is 0. The number of nitrogens with zero attached hydrogens (tertiary/aromatic N) is 2. The van der Waals surface area contributed by atoms with Crippen LogP contribution in [-0.2, 0) is 0 Å². The molecule has 0 bridgehead atoms. The van der Waals surface area contributed by atoms with E-state index in [1.54, 1.807) is 6.07 Å². The molecule has 0 unspecified atom stereocenters. The minimum Gasteiger partial charge on any atom is -0.260 e. The van der Waals surface area contributed by atoms with E-state index in [4.69, 9.17) is 5.26 Å². The normalized spacial score (nSPS) is 8.90. The second kappa shape index (κ2) is 2.76. The third kappa shape index (κ3) is 1.14. The van der Waals surface area contributed by atoms with Crippen LogP contribution in [0.15, 0.2) is 16.9 Å². The SMILES string of the molecule is N#Cc1c(F)cncc1Br. The fraction of sp³-hybridized carbons (Fsp3) is 0. The smallest absolute Gasteiger partial charge is 0.160 e. The van der Waals surface area contributed by atoms with Crippen LogP contribution < -0.4 is 0 Å². The predicted octanol–water partition coefficient (Wildman–Crippen LogP) is 1.85. The highest BCUT2D eigenvalue weighted by molar-refractivity contribution is 9.10. The van der Waals surface area contributed by atoms with Crippen LogP contribution in [0.25, 0.3) is 0 Å². The van der Waals surface area contributed by atoms with Gasteiger partial charge in [0, 0.05) is 6.20 Å². The van der Waals surface area contributed by atoms with Crippen molar-refractivity contribution in [1.82, 2.24) is 4.98 Å². The van der Waals surface area contributed by atoms with E-state index in [-0.39, 0.29) is 5.56 Å². The Morgan fingerprint density at radius 3 is 2.70 bits per heavy atom. The van der Waals surface area contributed by atoms with E-state index in [1.807, 2.05) is 0 Å². The monoisotopic (exact) mass is 200 g/mol. The Hall–Kier alpha value is -0.950. The Morgan fingerprint density at radius 1 is 1.60 bits per heavy atom. The average Bonchev–Trinajstić information content (AvgIpc) is 1.88. The summed E-state index contributed by atoms with van der Waals surface area (Å²) >= 11 is 2.98. The van der Waals surface area contributed by atoms with Gasteiger partial charge in [-0.05, 0) is 15.9 Å². The molecule has 1 aromatic heterocycles. The summed E-state index contributed by atoms with van der Waals surface area (Å²) in [5.74, 6) is -0.600. The second-order valence-corrected chi connectivity index (χ2v) is 2.44. The largest absolute Gasteiger partial charge is 0.260 e. The maximum atomic E-state index is 12.5. The second-order valence-electron chi connectivity index (χ2n) is 1.59. The first-order valence-corrected chi connectivity index (χ1v) is 3.24. The van der Waals surface area contributed by atoms with E-state index in [9.17, 15) is 4.39 Å². The van der Waals surface area contributed by atoms with Gasteiger partial charge < -0.3 is 0 Å². The first-order valence-electron chi connectivity index (χ1n) is 2.45. The molecule has 4 heteroatoms. The zero-order chi connectivity index (χ0) is 7.56. The van der Waals surface area contributed by atoms with Crippen LogP contribution in [0.3, 0.4) is 0 Å². The molecule has 0 radical (unpaired) electrons. The Labute approximate surface area is 65.4 Å². The van der Waals surface area contributed by atoms with Gasteiger partial charge in [-0.2, -0.15) is 5.26 Å². The molecule has 2 nitrogen and oxygen atoms in total. The van der Waals surface area contributed by atoms with Crippen molar-refractivity contribution in [3.05, 3.63) is 28.2 Å². The molecule has 1 aromatic rings. The molecule has 0 N–H and O–H groups in total. The minimum absolute atomic E-state index is 0.00463. The van der Waals surface area contributed by atoms with Crippen molar-refractivity contribution < 1.29 is 4.39 Å². The lowest BCUT2D eigenvalue weighted by molar-refractivity contribution is 0.616. The molecule has 0 saturated carbocycles. The van der Waals surface area contributed by atoms with Crippen LogP contribution in [0.2, 0.25) is 0 Å². The topological polar surface area (TPSA) is 36.7 Å². The highest BCUT2D eigenvalue weighted by Gasteiger charge is 2.04. The van der Waals surface area contributed by atoms with E-state index < -0.39 is 5.82 Å². The lowest BCUT2D eigenvalue weighted by Gasteiger charge is -1.92. The number of hydrogen-bond acceptors (Lipinski definition) is 2. The molecular formula is C6H2BrFN2. The van der Waals surface area contributed by atoms with Gasteiger partial charge in [0.15, 0.2) is 5.82 Å². The average molecular weight is 201 g/mol. The van der Waals surface area contributed by atoms with Crippen molar-refractivity contribution in [2.75, 3.05) is 0 Å². The van der Waals surface area contributed by atoms with E-state index in [2.05, 4.69) is 20.9 Å². The third-order valence-electron chi connectivity index (χ3n) is 0.965. The lowest BCUT2D eigenvalue weighted by atomic mass is 10.3. The molecule has 0 saturated heterocycles. The van der Waals surface area contributed by atoms with Crippen molar-refractivity contribution in [3.8, 4) is 6.07 Å². The summed E-state index contributed by atoms with van der Waals surface area (Å²) in [6.07, 6.45) is 2.38. The van der Waals surface area contributed by atoms with Gasteiger partial charge in [0.25, 0.3) is 0 Å². The Morgan fingerprint density at radius 2 is 2.30 bits per heavy atom. The van der Waals surface area contributed by atoms with E-state index >= 15 is 0 Å². The van der Waals surface area contributed by atoms with Gasteiger partial charge in [-0.1, -0.05) is 0 Å². The molecule has 0 fully saturated rings. The zero-order valence-electron chi connectivity index (χ0n) is 4.81. The predicted molar refractivity (Wildman–Crippen MR) is 36.6 cm³/mol. The highest BCUT2D eigenvalue weighted by atomic mass is 79.9. The van der Waals surface area contributed by atoms with E-state index in [0.29, 0.717) is 4.47 Å². The fourth-order valence-electron chi connectivity index (χ4n) is 0.518. The zero-order valence-corrected chi connectivity index (χ0v) is 6.39. The summed E-state index contributed by atoms with van der Waals surface area (Å²) in [6, 6.07) is 1.70. The molecular weight excluding hydrogens is 199 g/mol. The number of hydrogen-bond donors (Lipinski definition) is 0. The van der Waals surface area contributed by atoms with E-state index in [1.165, 1.54) is 6.20 Å². The number of pyridine rings is 1. The molecule has 10 heavy (non-hydrogen) atoms. The van der Waals surface area contributed by atoms with E-state index in [0.717, 1.165) is 6.20 Å². The molecule has 0 aliphatic rings. The standard InChI is InChI=1S/C6H2BrFN2/c7-5-2-10-3-6(8)4(5)1-9/h2-3H. The van der Waals surface area contributed by atoms with Crippen molar-refractivity contribution in [2.45, 2.75) is 0 Å². The molecule has 1 rings (SSSR count). The van der Waals surface area contributed by atoms with Crippen molar-refractivity contribution in [2.24, 2.45) is 0 Å². The Kier molecular flexibility index (Phi) is 1.97. The van der Waals surface area contributed by atoms with Crippen LogP contribution >= 0.6 is 15.9 Å². The van der Waals surface area contributed by atoms with Crippen molar-refractivity contribution >= 4 is 15.9 Å². The molecule has 0 aliphatic heterocycles. The maximum Gasteiger partial charge on any atom is 0.160 e. The highest BCUT2D eigenvalue weighted by Crippen LogP contribution is 2.15. The first kappa shape index (κ1) is 7.16. The molecule has 0 spiro atoms. The molecule has 0 amide bonds. The third-order valence-corrected chi connectivity index (χ3v) is 1.57. The number of aromatic nitrogens is 1. The minimum atomic E-state index is -0.600. The number of rotatable bonds is 0. The molecule has 0 aliphatic carbocycles. The number of nitriles is 1. The van der Waals surface area contributed by atoms with Crippen LogP contribution in [0.4, 0.5) is 4.39 Å². The summed E-state index contributed by atoms with van der Waals surface area (Å²) in [6.45, 7) is 0. The summed E-state index contributed by atoms with van der Waals surface area (Å²) < 4.78 is 12.9. The molecule has 50 valence electrons. The van der Waals surface area contributed by atoms with Gasteiger partial charge in [-0.15, -0.1) is 0 Å². The Balaban J connectivity index is 3.34. The summed E-state index contributed by atoms with van der Waals surface area (Å²) in [5.41, 5.74) is -0.00463. The lowest BCUT2D eigenvalue weighted by Crippen LogP contribution is -1.86.